The van der Waals surface area contributed by atoms with E-state index in [9.17, 15) is 8.42 Å². The van der Waals surface area contributed by atoms with Crippen molar-refractivity contribution in [2.24, 2.45) is 0 Å². The van der Waals surface area contributed by atoms with E-state index in [1.165, 1.54) is 11.3 Å². The minimum atomic E-state index is -3.35. The smallest absolute Gasteiger partial charge is 0.247 e. The Labute approximate surface area is 109 Å². The maximum atomic E-state index is 11.3. The highest BCUT2D eigenvalue weighted by atomic mass is 32.2. The molecule has 1 N–H and O–H groups in total. The zero-order chi connectivity index (χ0) is 13.4. The van der Waals surface area contributed by atoms with Gasteiger partial charge >= 0.3 is 0 Å². The van der Waals surface area contributed by atoms with Crippen molar-refractivity contribution in [1.82, 2.24) is 14.9 Å². The molecule has 2 rings (SSSR count). The van der Waals surface area contributed by atoms with Gasteiger partial charge in [-0.05, 0) is 25.3 Å². The van der Waals surface area contributed by atoms with Gasteiger partial charge in [-0.15, -0.1) is 11.3 Å². The van der Waals surface area contributed by atoms with Crippen molar-refractivity contribution in [3.8, 4) is 10.7 Å². The first-order valence-electron chi connectivity index (χ1n) is 5.15. The molecule has 0 atom stereocenters. The van der Waals surface area contributed by atoms with Crippen molar-refractivity contribution in [2.75, 3.05) is 6.26 Å². The first-order valence-corrected chi connectivity index (χ1v) is 7.92. The molecule has 0 spiro atoms. The highest BCUT2D eigenvalue weighted by molar-refractivity contribution is 7.88. The van der Waals surface area contributed by atoms with Crippen LogP contribution in [0, 0.1) is 0 Å². The average Bonchev–Trinajstić information content (AvgIpc) is 2.85. The normalized spacial score (nSPS) is 12.8. The molecule has 6 nitrogen and oxygen atoms in total. The lowest BCUT2D eigenvalue weighted by Gasteiger charge is -2.19. The van der Waals surface area contributed by atoms with E-state index in [-0.39, 0.29) is 5.89 Å². The number of hydrogen-bond donors (Lipinski definition) is 1. The lowest BCUT2D eigenvalue weighted by molar-refractivity contribution is 0.296. The second kappa shape index (κ2) is 4.45. The van der Waals surface area contributed by atoms with Crippen LogP contribution < -0.4 is 4.72 Å². The Morgan fingerprint density at radius 3 is 2.72 bits per heavy atom. The minimum absolute atomic E-state index is 0.233. The summed E-state index contributed by atoms with van der Waals surface area (Å²) in [5.74, 6) is 0.694. The quantitative estimate of drug-likeness (QED) is 0.922. The van der Waals surface area contributed by atoms with Crippen molar-refractivity contribution in [2.45, 2.75) is 19.4 Å². The van der Waals surface area contributed by atoms with Crippen LogP contribution in [0.5, 0.6) is 0 Å². The molecular formula is C10H13N3O3S2. The Morgan fingerprint density at radius 1 is 1.44 bits per heavy atom. The lowest BCUT2D eigenvalue weighted by Crippen LogP contribution is -2.40. The number of hydrogen-bond acceptors (Lipinski definition) is 6. The summed E-state index contributed by atoms with van der Waals surface area (Å²) < 4.78 is 30.1. The topological polar surface area (TPSA) is 85.1 Å². The molecule has 0 radical (unpaired) electrons. The fourth-order valence-electron chi connectivity index (χ4n) is 1.49. The molecule has 0 aliphatic rings. The van der Waals surface area contributed by atoms with Crippen LogP contribution >= 0.6 is 11.3 Å². The van der Waals surface area contributed by atoms with Crippen LogP contribution in [0.15, 0.2) is 22.0 Å². The summed E-state index contributed by atoms with van der Waals surface area (Å²) >= 11 is 1.49. The number of thiophene rings is 1. The summed E-state index contributed by atoms with van der Waals surface area (Å²) in [6.07, 6.45) is 1.09. The fourth-order valence-corrected chi connectivity index (χ4v) is 3.15. The third kappa shape index (κ3) is 2.95. The maximum absolute atomic E-state index is 11.3. The zero-order valence-corrected chi connectivity index (χ0v) is 11.8. The van der Waals surface area contributed by atoms with Crippen LogP contribution in [0.4, 0.5) is 0 Å². The molecule has 0 bridgehead atoms. The van der Waals surface area contributed by atoms with E-state index in [0.29, 0.717) is 5.82 Å². The third-order valence-electron chi connectivity index (χ3n) is 2.14. The minimum Gasteiger partial charge on any atom is -0.337 e. The van der Waals surface area contributed by atoms with Gasteiger partial charge in [0.05, 0.1) is 11.1 Å². The van der Waals surface area contributed by atoms with E-state index in [4.69, 9.17) is 4.52 Å². The van der Waals surface area contributed by atoms with Crippen LogP contribution in [0.1, 0.15) is 19.7 Å². The maximum Gasteiger partial charge on any atom is 0.247 e. The molecule has 8 heteroatoms. The molecule has 0 aromatic carbocycles. The zero-order valence-electron chi connectivity index (χ0n) is 10.2. The van der Waals surface area contributed by atoms with Gasteiger partial charge in [0.2, 0.25) is 21.7 Å². The van der Waals surface area contributed by atoms with Crippen LogP contribution in [-0.2, 0) is 15.6 Å². The van der Waals surface area contributed by atoms with E-state index >= 15 is 0 Å². The summed E-state index contributed by atoms with van der Waals surface area (Å²) in [6.45, 7) is 3.33. The standard InChI is InChI=1S/C10H13N3O3S2/c1-10(2,13-18(3,14)15)9-11-8(12-16-9)7-5-4-6-17-7/h4-6,13H,1-3H3. The number of sulfonamides is 1. The van der Waals surface area contributed by atoms with Gasteiger partial charge in [0.1, 0.15) is 5.54 Å². The van der Waals surface area contributed by atoms with E-state index in [0.717, 1.165) is 11.1 Å². The van der Waals surface area contributed by atoms with Crippen molar-refractivity contribution in [3.05, 3.63) is 23.4 Å². The first-order chi connectivity index (χ1) is 8.28. The molecule has 2 heterocycles. The van der Waals surface area contributed by atoms with Crippen LogP contribution in [0.3, 0.4) is 0 Å². The molecule has 18 heavy (non-hydrogen) atoms. The molecule has 0 aliphatic carbocycles. The summed E-state index contributed by atoms with van der Waals surface area (Å²) in [5.41, 5.74) is -0.934. The van der Waals surface area contributed by atoms with Gasteiger partial charge in [0.15, 0.2) is 0 Å². The van der Waals surface area contributed by atoms with Crippen LogP contribution in [0.25, 0.3) is 10.7 Å². The van der Waals surface area contributed by atoms with Gasteiger partial charge in [-0.3, -0.25) is 0 Å². The molecule has 2 aromatic heterocycles. The molecule has 0 aliphatic heterocycles. The first kappa shape index (κ1) is 13.2. The van der Waals surface area contributed by atoms with Gasteiger partial charge in [-0.25, -0.2) is 13.1 Å². The van der Waals surface area contributed by atoms with Crippen molar-refractivity contribution in [1.29, 1.82) is 0 Å². The fraction of sp³-hybridized carbons (Fsp3) is 0.400. The molecule has 0 saturated carbocycles. The van der Waals surface area contributed by atoms with Crippen LogP contribution in [-0.4, -0.2) is 24.8 Å². The molecule has 0 unspecified atom stereocenters. The number of nitrogens with zero attached hydrogens (tertiary/aromatic N) is 2. The van der Waals surface area contributed by atoms with E-state index in [1.54, 1.807) is 13.8 Å². The Kier molecular flexibility index (Phi) is 3.26. The molecule has 0 saturated heterocycles. The average molecular weight is 287 g/mol. The monoisotopic (exact) mass is 287 g/mol. The van der Waals surface area contributed by atoms with Crippen LogP contribution in [0.2, 0.25) is 0 Å². The van der Waals surface area contributed by atoms with Gasteiger partial charge in [0, 0.05) is 0 Å². The Balaban J connectivity index is 2.30. The highest BCUT2D eigenvalue weighted by Crippen LogP contribution is 2.25. The van der Waals surface area contributed by atoms with E-state index in [1.807, 2.05) is 17.5 Å². The number of rotatable bonds is 4. The van der Waals surface area contributed by atoms with E-state index < -0.39 is 15.6 Å². The molecule has 0 amide bonds. The molecule has 98 valence electrons. The van der Waals surface area contributed by atoms with Crippen molar-refractivity contribution < 1.29 is 12.9 Å². The second-order valence-electron chi connectivity index (χ2n) is 4.40. The predicted molar refractivity (Wildman–Crippen MR) is 68.6 cm³/mol. The Hall–Kier alpha value is -1.25. The molecule has 2 aromatic rings. The summed E-state index contributed by atoms with van der Waals surface area (Å²) in [6, 6.07) is 3.76. The number of nitrogens with one attached hydrogen (secondary N) is 1. The second-order valence-corrected chi connectivity index (χ2v) is 7.10. The van der Waals surface area contributed by atoms with Crippen molar-refractivity contribution >= 4 is 21.4 Å². The largest absolute Gasteiger partial charge is 0.337 e. The third-order valence-corrected chi connectivity index (χ3v) is 3.89. The summed E-state index contributed by atoms with van der Waals surface area (Å²) in [5, 5.41) is 5.75. The van der Waals surface area contributed by atoms with Crippen molar-refractivity contribution in [3.63, 3.8) is 0 Å². The number of aromatic nitrogens is 2. The summed E-state index contributed by atoms with van der Waals surface area (Å²) in [4.78, 5) is 5.09. The molecule has 0 fully saturated rings. The summed E-state index contributed by atoms with van der Waals surface area (Å²) in [7, 11) is -3.35. The highest BCUT2D eigenvalue weighted by Gasteiger charge is 2.31. The Morgan fingerprint density at radius 2 is 2.17 bits per heavy atom. The Bertz CT molecular complexity index is 629. The van der Waals surface area contributed by atoms with Gasteiger partial charge < -0.3 is 4.52 Å². The predicted octanol–water partition coefficient (Wildman–Crippen LogP) is 1.58. The van der Waals surface area contributed by atoms with Gasteiger partial charge in [-0.1, -0.05) is 11.2 Å². The van der Waals surface area contributed by atoms with Gasteiger partial charge in [-0.2, -0.15) is 4.98 Å². The van der Waals surface area contributed by atoms with E-state index in [2.05, 4.69) is 14.9 Å². The van der Waals surface area contributed by atoms with Gasteiger partial charge in [0.25, 0.3) is 0 Å². The molecular weight excluding hydrogens is 274 g/mol. The lowest BCUT2D eigenvalue weighted by atomic mass is 10.1. The SMILES string of the molecule is CC(C)(NS(C)(=O)=O)c1nc(-c2cccs2)no1.